The lowest BCUT2D eigenvalue weighted by molar-refractivity contribution is -0.131. The Kier molecular flexibility index (Phi) is 5.34. The van der Waals surface area contributed by atoms with Crippen molar-refractivity contribution in [3.05, 3.63) is 23.5 Å². The summed E-state index contributed by atoms with van der Waals surface area (Å²) in [4.78, 5) is 0. The summed E-state index contributed by atoms with van der Waals surface area (Å²) in [5.41, 5.74) is 1.37. The number of nitrogens with zero attached hydrogens (tertiary/aromatic N) is 3. The maximum absolute atomic E-state index is 12.0. The number of hydrogen-bond acceptors (Lipinski definition) is 5. The topological polar surface area (TPSA) is 91.4 Å². The molecule has 3 fully saturated rings. The molecule has 0 radical (unpaired) electrons. The molecule has 4 aliphatic carbocycles. The molecule has 0 amide bonds. The Bertz CT molecular complexity index is 853. The summed E-state index contributed by atoms with van der Waals surface area (Å²) in [7, 11) is 0. The number of allylic oxidation sites excluding steroid dienone is 1. The van der Waals surface area contributed by atoms with Crippen LogP contribution in [-0.2, 0) is 12.1 Å². The third-order valence-electron chi connectivity index (χ3n) is 9.99. The molecule has 6 nitrogen and oxygen atoms in total. The quantitative estimate of drug-likeness (QED) is 0.492. The molecule has 1 aromatic heterocycles. The van der Waals surface area contributed by atoms with E-state index in [0.717, 1.165) is 76.4 Å². The summed E-state index contributed by atoms with van der Waals surface area (Å²) in [6.45, 7) is 5.68. The zero-order valence-electron chi connectivity index (χ0n) is 19.1. The van der Waals surface area contributed by atoms with E-state index >= 15 is 0 Å². The normalized spacial score (nSPS) is 44.4. The lowest BCUT2D eigenvalue weighted by Crippen LogP contribution is -2.53. The van der Waals surface area contributed by atoms with Crippen LogP contribution in [0.4, 0.5) is 0 Å². The zero-order valence-corrected chi connectivity index (χ0v) is 19.1. The molecule has 0 saturated heterocycles. The molecular weight excluding hydrogens is 390 g/mol. The van der Waals surface area contributed by atoms with Crippen molar-refractivity contribution in [3.8, 4) is 0 Å². The molecule has 0 spiro atoms. The van der Waals surface area contributed by atoms with Crippen LogP contribution in [0.3, 0.4) is 0 Å². The maximum atomic E-state index is 12.0. The first-order valence-corrected chi connectivity index (χ1v) is 12.4. The Morgan fingerprint density at radius 1 is 1.10 bits per heavy atom. The predicted octanol–water partition coefficient (Wildman–Crippen LogP) is 3.56. The average Bonchev–Trinajstić information content (AvgIpc) is 3.32. The molecule has 7 atom stereocenters. The number of fused-ring (bicyclic) bond motifs is 5. The SMILES string of the molecule is C[C@@]12CC[C@@H](O)CC1=CC[C@H]1[C@H]2CC[C@]2(C)[C@@H]1CC[C@]2(O)c1cn(CCCCO)nn1. The summed E-state index contributed by atoms with van der Waals surface area (Å²) in [6.07, 6.45) is 13.8. The van der Waals surface area contributed by atoms with Crippen molar-refractivity contribution in [3.63, 3.8) is 0 Å². The maximum Gasteiger partial charge on any atom is 0.116 e. The van der Waals surface area contributed by atoms with Crippen LogP contribution >= 0.6 is 0 Å². The van der Waals surface area contributed by atoms with Gasteiger partial charge in [-0.3, -0.25) is 4.68 Å². The van der Waals surface area contributed by atoms with Gasteiger partial charge in [-0.25, -0.2) is 0 Å². The van der Waals surface area contributed by atoms with Crippen LogP contribution in [0.2, 0.25) is 0 Å². The van der Waals surface area contributed by atoms with Gasteiger partial charge in [0.1, 0.15) is 11.3 Å². The van der Waals surface area contributed by atoms with Gasteiger partial charge in [-0.2, -0.15) is 0 Å². The summed E-state index contributed by atoms with van der Waals surface area (Å²) in [5.74, 6) is 1.77. The van der Waals surface area contributed by atoms with Gasteiger partial charge in [-0.05, 0) is 87.4 Å². The highest BCUT2D eigenvalue weighted by Gasteiger charge is 2.65. The van der Waals surface area contributed by atoms with Gasteiger partial charge >= 0.3 is 0 Å². The third kappa shape index (κ3) is 3.16. The van der Waals surface area contributed by atoms with E-state index in [4.69, 9.17) is 5.11 Å². The van der Waals surface area contributed by atoms with Crippen LogP contribution in [0.25, 0.3) is 0 Å². The first-order chi connectivity index (χ1) is 14.8. The highest BCUT2D eigenvalue weighted by Crippen LogP contribution is 2.68. The van der Waals surface area contributed by atoms with Crippen LogP contribution in [0.1, 0.15) is 83.7 Å². The minimum Gasteiger partial charge on any atom is -0.396 e. The fourth-order valence-corrected chi connectivity index (χ4v) is 8.06. The number of hydrogen-bond donors (Lipinski definition) is 3. The van der Waals surface area contributed by atoms with Gasteiger partial charge in [-0.1, -0.05) is 30.7 Å². The van der Waals surface area contributed by atoms with Gasteiger partial charge in [0.15, 0.2) is 0 Å². The van der Waals surface area contributed by atoms with E-state index in [-0.39, 0.29) is 23.5 Å². The summed E-state index contributed by atoms with van der Waals surface area (Å²) in [6, 6.07) is 0. The van der Waals surface area contributed by atoms with Gasteiger partial charge in [0, 0.05) is 18.6 Å². The lowest BCUT2D eigenvalue weighted by atomic mass is 9.47. The molecule has 0 unspecified atom stereocenters. The second kappa shape index (κ2) is 7.67. The number of aromatic nitrogens is 3. The predicted molar refractivity (Wildman–Crippen MR) is 118 cm³/mol. The molecule has 172 valence electrons. The van der Waals surface area contributed by atoms with Gasteiger partial charge in [-0.15, -0.1) is 5.10 Å². The van der Waals surface area contributed by atoms with E-state index in [1.54, 1.807) is 0 Å². The van der Waals surface area contributed by atoms with E-state index in [1.807, 2.05) is 10.9 Å². The Labute approximate surface area is 185 Å². The van der Waals surface area contributed by atoms with Gasteiger partial charge in [0.05, 0.1) is 12.3 Å². The van der Waals surface area contributed by atoms with Crippen LogP contribution in [0, 0.1) is 28.6 Å². The minimum absolute atomic E-state index is 0.165. The molecule has 3 saturated carbocycles. The summed E-state index contributed by atoms with van der Waals surface area (Å²) in [5, 5.41) is 40.0. The largest absolute Gasteiger partial charge is 0.396 e. The summed E-state index contributed by atoms with van der Waals surface area (Å²) >= 11 is 0. The number of aliphatic hydroxyl groups excluding tert-OH is 2. The smallest absolute Gasteiger partial charge is 0.116 e. The molecule has 1 heterocycles. The molecule has 31 heavy (non-hydrogen) atoms. The van der Waals surface area contributed by atoms with Crippen LogP contribution < -0.4 is 0 Å². The molecule has 6 heteroatoms. The first-order valence-electron chi connectivity index (χ1n) is 12.4. The Morgan fingerprint density at radius 2 is 1.90 bits per heavy atom. The van der Waals surface area contributed by atoms with Gasteiger partial charge in [0.25, 0.3) is 0 Å². The van der Waals surface area contributed by atoms with E-state index in [2.05, 4.69) is 30.2 Å². The number of aliphatic hydroxyl groups is 3. The van der Waals surface area contributed by atoms with E-state index < -0.39 is 5.60 Å². The molecule has 5 rings (SSSR count). The molecule has 3 N–H and O–H groups in total. The first kappa shape index (κ1) is 21.6. The highest BCUT2D eigenvalue weighted by atomic mass is 16.3. The van der Waals surface area contributed by atoms with Crippen molar-refractivity contribution >= 4 is 0 Å². The van der Waals surface area contributed by atoms with Gasteiger partial charge in [0.2, 0.25) is 0 Å². The highest BCUT2D eigenvalue weighted by molar-refractivity contribution is 5.27. The monoisotopic (exact) mass is 429 g/mol. The molecule has 0 bridgehead atoms. The molecule has 4 aliphatic rings. The second-order valence-electron chi connectivity index (χ2n) is 11.3. The Hall–Kier alpha value is -1.24. The Balaban J connectivity index is 1.40. The zero-order chi connectivity index (χ0) is 21.9. The fraction of sp³-hybridized carbons (Fsp3) is 0.840. The molecule has 0 aliphatic heterocycles. The van der Waals surface area contributed by atoms with Crippen molar-refractivity contribution in [1.29, 1.82) is 0 Å². The molecule has 0 aromatic carbocycles. The van der Waals surface area contributed by atoms with Crippen molar-refractivity contribution in [2.75, 3.05) is 6.61 Å². The summed E-state index contributed by atoms with van der Waals surface area (Å²) < 4.78 is 1.83. The van der Waals surface area contributed by atoms with E-state index in [0.29, 0.717) is 17.8 Å². The van der Waals surface area contributed by atoms with Crippen LogP contribution in [-0.4, -0.2) is 43.0 Å². The lowest BCUT2D eigenvalue weighted by Gasteiger charge is -2.58. The number of unbranched alkanes of at least 4 members (excludes halogenated alkanes) is 1. The minimum atomic E-state index is -0.911. The van der Waals surface area contributed by atoms with Crippen LogP contribution in [0.15, 0.2) is 17.8 Å². The second-order valence-corrected chi connectivity index (χ2v) is 11.3. The molecular formula is C25H39N3O3. The van der Waals surface area contributed by atoms with Crippen molar-refractivity contribution in [2.24, 2.45) is 28.6 Å². The average molecular weight is 430 g/mol. The number of rotatable bonds is 5. The standard InChI is InChI=1S/C25H39N3O3/c1-23-10-7-18(30)15-17(23)5-6-19-20(23)8-11-24(2)21(19)9-12-25(24,31)22-16-28(27-26-22)13-3-4-14-29/h5,16,18-21,29-31H,3-4,6-15H2,1-2H3/t18-,19+,20-,21-,23-,24-,25+/m1/s1. The van der Waals surface area contributed by atoms with Crippen molar-refractivity contribution in [1.82, 2.24) is 15.0 Å². The van der Waals surface area contributed by atoms with Gasteiger partial charge < -0.3 is 15.3 Å². The van der Waals surface area contributed by atoms with E-state index in [1.165, 1.54) is 5.57 Å². The fourth-order valence-electron chi connectivity index (χ4n) is 8.06. The van der Waals surface area contributed by atoms with Crippen LogP contribution in [0.5, 0.6) is 0 Å². The Morgan fingerprint density at radius 3 is 2.71 bits per heavy atom. The number of aryl methyl sites for hydroxylation is 1. The molecule has 1 aromatic rings. The van der Waals surface area contributed by atoms with E-state index in [9.17, 15) is 10.2 Å². The third-order valence-corrected chi connectivity index (χ3v) is 9.99. The van der Waals surface area contributed by atoms with Crippen molar-refractivity contribution < 1.29 is 15.3 Å². The van der Waals surface area contributed by atoms with Crippen molar-refractivity contribution in [2.45, 2.75) is 96.3 Å².